The van der Waals surface area contributed by atoms with E-state index in [0.29, 0.717) is 5.92 Å². The zero-order valence-electron chi connectivity index (χ0n) is 10.2. The molecule has 0 aromatic heterocycles. The maximum atomic E-state index is 11.7. The van der Waals surface area contributed by atoms with Crippen LogP contribution in [0.5, 0.6) is 0 Å². The van der Waals surface area contributed by atoms with E-state index in [9.17, 15) is 4.79 Å². The highest BCUT2D eigenvalue weighted by Gasteiger charge is 2.45. The predicted molar refractivity (Wildman–Crippen MR) is 72.6 cm³/mol. The van der Waals surface area contributed by atoms with Crippen LogP contribution in [0.1, 0.15) is 38.2 Å². The Bertz CT molecular complexity index is 396. The van der Waals surface area contributed by atoms with Crippen molar-refractivity contribution in [3.8, 4) is 0 Å². The van der Waals surface area contributed by atoms with E-state index in [1.54, 1.807) is 0 Å². The molecule has 0 heterocycles. The molecule has 0 unspecified atom stereocenters. The van der Waals surface area contributed by atoms with Gasteiger partial charge in [-0.1, -0.05) is 26.0 Å². The maximum absolute atomic E-state index is 11.7. The average molecular weight is 255 g/mol. The van der Waals surface area contributed by atoms with Crippen molar-refractivity contribution >= 4 is 24.0 Å². The fraction of sp³-hybridized carbons (Fsp3) is 0.462. The molecule has 2 rings (SSSR count). The summed E-state index contributed by atoms with van der Waals surface area (Å²) in [5.74, 6) is 0.443. The van der Waals surface area contributed by atoms with Crippen molar-refractivity contribution in [1.29, 1.82) is 0 Å². The van der Waals surface area contributed by atoms with Crippen LogP contribution in [-0.2, 0) is 4.79 Å². The van der Waals surface area contributed by atoms with Crippen molar-refractivity contribution in [1.82, 2.24) is 0 Å². The number of hydrogen-bond acceptors (Lipinski definition) is 2. The molecule has 0 saturated heterocycles. The second kappa shape index (κ2) is 5.07. The van der Waals surface area contributed by atoms with Gasteiger partial charge in [0.25, 0.3) is 0 Å². The Morgan fingerprint density at radius 3 is 2.24 bits per heavy atom. The van der Waals surface area contributed by atoms with Crippen LogP contribution < -0.4 is 11.1 Å². The molecule has 0 spiro atoms. The molecule has 17 heavy (non-hydrogen) atoms. The van der Waals surface area contributed by atoms with Gasteiger partial charge in [-0.05, 0) is 36.5 Å². The average Bonchev–Trinajstić information content (AvgIpc) is 2.99. The van der Waals surface area contributed by atoms with Gasteiger partial charge in [-0.25, -0.2) is 0 Å². The number of carbonyl (C=O) groups excluding carboxylic acids is 1. The summed E-state index contributed by atoms with van der Waals surface area (Å²) >= 11 is 0. The number of halogens is 1. The van der Waals surface area contributed by atoms with E-state index in [0.717, 1.165) is 18.5 Å². The smallest absolute Gasteiger partial charge is 0.244 e. The van der Waals surface area contributed by atoms with Gasteiger partial charge in [-0.3, -0.25) is 4.79 Å². The highest BCUT2D eigenvalue weighted by atomic mass is 35.5. The lowest BCUT2D eigenvalue weighted by Crippen LogP contribution is -2.37. The molecule has 0 atom stereocenters. The summed E-state index contributed by atoms with van der Waals surface area (Å²) < 4.78 is 0. The standard InChI is InChI=1S/C13H18N2O.ClH/c1-9(2)10-3-5-11(6-4-10)15-12(16)13(14)7-8-13;/h3-6,9H,7-8,14H2,1-2H3,(H,15,16);1H. The van der Waals surface area contributed by atoms with Gasteiger partial charge in [0.2, 0.25) is 5.91 Å². The Kier molecular flexibility index (Phi) is 4.17. The zero-order chi connectivity index (χ0) is 11.8. The SMILES string of the molecule is CC(C)c1ccc(NC(=O)C2(N)CC2)cc1.Cl. The molecule has 1 aliphatic rings. The molecule has 0 radical (unpaired) electrons. The predicted octanol–water partition coefficient (Wildman–Crippen LogP) is 2.66. The van der Waals surface area contributed by atoms with E-state index in [2.05, 4.69) is 19.2 Å². The lowest BCUT2D eigenvalue weighted by atomic mass is 10.0. The molecule has 1 amide bonds. The Labute approximate surface area is 108 Å². The van der Waals surface area contributed by atoms with E-state index < -0.39 is 5.54 Å². The minimum absolute atomic E-state index is 0. The normalized spacial score (nSPS) is 16.2. The zero-order valence-corrected chi connectivity index (χ0v) is 11.0. The summed E-state index contributed by atoms with van der Waals surface area (Å²) in [6.45, 7) is 4.29. The molecule has 1 aromatic carbocycles. The molecule has 1 saturated carbocycles. The Balaban J connectivity index is 0.00000144. The van der Waals surface area contributed by atoms with Crippen LogP contribution in [0, 0.1) is 0 Å². The minimum atomic E-state index is -0.600. The van der Waals surface area contributed by atoms with Crippen LogP contribution >= 0.6 is 12.4 Å². The van der Waals surface area contributed by atoms with Gasteiger partial charge < -0.3 is 11.1 Å². The summed E-state index contributed by atoms with van der Waals surface area (Å²) in [4.78, 5) is 11.7. The first-order valence-electron chi connectivity index (χ1n) is 5.71. The monoisotopic (exact) mass is 254 g/mol. The number of rotatable bonds is 3. The number of nitrogens with one attached hydrogen (secondary N) is 1. The molecule has 1 fully saturated rings. The molecule has 1 aliphatic carbocycles. The Hall–Kier alpha value is -1.06. The van der Waals surface area contributed by atoms with Gasteiger partial charge in [-0.2, -0.15) is 0 Å². The summed E-state index contributed by atoms with van der Waals surface area (Å²) in [5.41, 5.74) is 7.30. The molecule has 0 aliphatic heterocycles. The van der Waals surface area contributed by atoms with Crippen LogP contribution in [0.2, 0.25) is 0 Å². The first-order valence-corrected chi connectivity index (χ1v) is 5.71. The third-order valence-electron chi connectivity index (χ3n) is 3.08. The van der Waals surface area contributed by atoms with Gasteiger partial charge in [0.05, 0.1) is 5.54 Å². The van der Waals surface area contributed by atoms with Gasteiger partial charge in [0.15, 0.2) is 0 Å². The minimum Gasteiger partial charge on any atom is -0.324 e. The van der Waals surface area contributed by atoms with Gasteiger partial charge >= 0.3 is 0 Å². The molecule has 4 heteroatoms. The van der Waals surface area contributed by atoms with E-state index >= 15 is 0 Å². The van der Waals surface area contributed by atoms with E-state index in [1.807, 2.05) is 24.3 Å². The van der Waals surface area contributed by atoms with Crippen molar-refractivity contribution in [2.24, 2.45) is 5.73 Å². The Morgan fingerprint density at radius 1 is 1.29 bits per heavy atom. The molecular formula is C13H19ClN2O. The maximum Gasteiger partial charge on any atom is 0.244 e. The molecule has 0 bridgehead atoms. The fourth-order valence-corrected chi connectivity index (χ4v) is 1.57. The molecule has 94 valence electrons. The highest BCUT2D eigenvalue weighted by molar-refractivity contribution is 6.00. The second-order valence-corrected chi connectivity index (χ2v) is 4.89. The van der Waals surface area contributed by atoms with Crippen LogP contribution in [-0.4, -0.2) is 11.4 Å². The van der Waals surface area contributed by atoms with Crippen molar-refractivity contribution in [3.05, 3.63) is 29.8 Å². The van der Waals surface area contributed by atoms with Crippen molar-refractivity contribution in [3.63, 3.8) is 0 Å². The lowest BCUT2D eigenvalue weighted by molar-refractivity contribution is -0.118. The lowest BCUT2D eigenvalue weighted by Gasteiger charge is -2.11. The molecule has 3 nitrogen and oxygen atoms in total. The quantitative estimate of drug-likeness (QED) is 0.871. The first-order chi connectivity index (χ1) is 7.51. The third kappa shape index (κ3) is 3.20. The number of hydrogen-bond donors (Lipinski definition) is 2. The number of nitrogens with two attached hydrogens (primary N) is 1. The third-order valence-corrected chi connectivity index (χ3v) is 3.08. The summed E-state index contributed by atoms with van der Waals surface area (Å²) in [6.07, 6.45) is 1.59. The second-order valence-electron chi connectivity index (χ2n) is 4.89. The number of anilines is 1. The number of carbonyl (C=O) groups is 1. The Morgan fingerprint density at radius 2 is 1.82 bits per heavy atom. The van der Waals surface area contributed by atoms with Crippen LogP contribution in [0.15, 0.2) is 24.3 Å². The van der Waals surface area contributed by atoms with Gasteiger partial charge in [-0.15, -0.1) is 12.4 Å². The van der Waals surface area contributed by atoms with Crippen molar-refractivity contribution in [2.75, 3.05) is 5.32 Å². The molecule has 3 N–H and O–H groups in total. The molecular weight excluding hydrogens is 236 g/mol. The van der Waals surface area contributed by atoms with E-state index in [-0.39, 0.29) is 18.3 Å². The van der Waals surface area contributed by atoms with Crippen molar-refractivity contribution in [2.45, 2.75) is 38.1 Å². The summed E-state index contributed by atoms with van der Waals surface area (Å²) in [6, 6.07) is 7.94. The molecule has 1 aromatic rings. The van der Waals surface area contributed by atoms with Crippen LogP contribution in [0.4, 0.5) is 5.69 Å². The topological polar surface area (TPSA) is 55.1 Å². The van der Waals surface area contributed by atoms with Crippen LogP contribution in [0.3, 0.4) is 0 Å². The van der Waals surface area contributed by atoms with E-state index in [4.69, 9.17) is 5.73 Å². The fourth-order valence-electron chi connectivity index (χ4n) is 1.57. The highest BCUT2D eigenvalue weighted by Crippen LogP contribution is 2.33. The van der Waals surface area contributed by atoms with Gasteiger partial charge in [0.1, 0.15) is 0 Å². The summed E-state index contributed by atoms with van der Waals surface area (Å²) in [5, 5.41) is 2.85. The first kappa shape index (κ1) is 14.0. The van der Waals surface area contributed by atoms with Crippen molar-refractivity contribution < 1.29 is 4.79 Å². The van der Waals surface area contributed by atoms with E-state index in [1.165, 1.54) is 5.56 Å². The largest absolute Gasteiger partial charge is 0.324 e. The van der Waals surface area contributed by atoms with Crippen LogP contribution in [0.25, 0.3) is 0 Å². The van der Waals surface area contributed by atoms with Gasteiger partial charge in [0, 0.05) is 5.69 Å². The summed E-state index contributed by atoms with van der Waals surface area (Å²) in [7, 11) is 0. The number of benzene rings is 1. The number of amides is 1.